The summed E-state index contributed by atoms with van der Waals surface area (Å²) < 4.78 is 5.33. The van der Waals surface area contributed by atoms with Crippen LogP contribution in [0.2, 0.25) is 19.6 Å². The molecule has 0 amide bonds. The first-order valence-corrected chi connectivity index (χ1v) is 10.0. The molecule has 0 aromatic carbocycles. The fourth-order valence-corrected chi connectivity index (χ4v) is 2.75. The van der Waals surface area contributed by atoms with E-state index in [-0.39, 0.29) is 0 Å². The van der Waals surface area contributed by atoms with Gasteiger partial charge in [-0.3, -0.25) is 0 Å². The van der Waals surface area contributed by atoms with E-state index in [4.69, 9.17) is 4.42 Å². The van der Waals surface area contributed by atoms with Gasteiger partial charge in [0.2, 0.25) is 0 Å². The molecule has 0 radical (unpaired) electrons. The molecule has 0 unspecified atom stereocenters. The van der Waals surface area contributed by atoms with E-state index in [1.807, 2.05) is 6.08 Å². The van der Waals surface area contributed by atoms with Crippen LogP contribution in [0.4, 0.5) is 0 Å². The maximum atomic E-state index is 10.7. The number of hydrogen-bond donors (Lipinski definition) is 2. The van der Waals surface area contributed by atoms with E-state index >= 15 is 0 Å². The molecule has 2 atom stereocenters. The number of furan rings is 1. The summed E-state index contributed by atoms with van der Waals surface area (Å²) in [4.78, 5) is 0. The summed E-state index contributed by atoms with van der Waals surface area (Å²) in [5, 5.41) is 21.0. The number of allylic oxidation sites excluding steroid dienone is 1. The predicted molar refractivity (Wildman–Crippen MR) is 78.0 cm³/mol. The highest BCUT2D eigenvalue weighted by Crippen LogP contribution is 2.40. The topological polar surface area (TPSA) is 53.6 Å². The summed E-state index contributed by atoms with van der Waals surface area (Å²) in [6.45, 7) is 6.32. The molecular formula is C15H20O3Si. The second-order valence-corrected chi connectivity index (χ2v) is 10.7. The third kappa shape index (κ3) is 3.00. The molecule has 1 aliphatic rings. The molecule has 0 saturated carbocycles. The first-order valence-electron chi connectivity index (χ1n) is 6.50. The molecule has 1 aliphatic carbocycles. The molecule has 1 aromatic heterocycles. The molecule has 3 nitrogen and oxygen atoms in total. The molecular weight excluding hydrogens is 256 g/mol. The zero-order valence-corrected chi connectivity index (χ0v) is 12.6. The van der Waals surface area contributed by atoms with Crippen molar-refractivity contribution in [2.75, 3.05) is 0 Å². The molecule has 4 heteroatoms. The standard InChI is InChI=1S/C15H20O3Si/c1-19(2,3)11-8-14(16)15(17)9-4-6-12(15)13-7-5-10-18-13/h5-7,10,14,16-17H,4,9H2,1-3H3/t14-,15+/m0/s1. The van der Waals surface area contributed by atoms with Gasteiger partial charge in [-0.1, -0.05) is 31.6 Å². The van der Waals surface area contributed by atoms with Crippen molar-refractivity contribution in [2.45, 2.75) is 44.2 Å². The van der Waals surface area contributed by atoms with E-state index in [2.05, 4.69) is 31.1 Å². The Morgan fingerprint density at radius 2 is 2.16 bits per heavy atom. The summed E-state index contributed by atoms with van der Waals surface area (Å²) in [7, 11) is -1.57. The molecule has 2 rings (SSSR count). The molecule has 1 aromatic rings. The quantitative estimate of drug-likeness (QED) is 0.644. The predicted octanol–water partition coefficient (Wildman–Crippen LogP) is 2.43. The maximum absolute atomic E-state index is 10.7. The van der Waals surface area contributed by atoms with Gasteiger partial charge in [-0.25, -0.2) is 0 Å². The van der Waals surface area contributed by atoms with Crippen LogP contribution >= 0.6 is 0 Å². The Hall–Kier alpha value is -1.28. The van der Waals surface area contributed by atoms with Crippen molar-refractivity contribution in [3.8, 4) is 11.5 Å². The second kappa shape index (κ2) is 5.01. The van der Waals surface area contributed by atoms with Crippen molar-refractivity contribution in [3.63, 3.8) is 0 Å². The number of hydrogen-bond acceptors (Lipinski definition) is 3. The van der Waals surface area contributed by atoms with Crippen molar-refractivity contribution in [1.29, 1.82) is 0 Å². The van der Waals surface area contributed by atoms with Gasteiger partial charge in [0, 0.05) is 5.57 Å². The van der Waals surface area contributed by atoms with Crippen LogP contribution in [0.3, 0.4) is 0 Å². The Kier molecular flexibility index (Phi) is 3.72. The zero-order chi connectivity index (χ0) is 14.1. The molecule has 1 heterocycles. The van der Waals surface area contributed by atoms with Gasteiger partial charge in [0.1, 0.15) is 25.5 Å². The molecule has 19 heavy (non-hydrogen) atoms. The number of aliphatic hydroxyl groups excluding tert-OH is 1. The van der Waals surface area contributed by atoms with E-state index in [0.717, 1.165) is 6.42 Å². The van der Waals surface area contributed by atoms with Crippen LogP contribution in [-0.4, -0.2) is 30.0 Å². The van der Waals surface area contributed by atoms with E-state index in [1.165, 1.54) is 0 Å². The highest BCUT2D eigenvalue weighted by molar-refractivity contribution is 6.83. The summed E-state index contributed by atoms with van der Waals surface area (Å²) in [6, 6.07) is 3.57. The van der Waals surface area contributed by atoms with Gasteiger partial charge in [-0.05, 0) is 25.0 Å². The minimum Gasteiger partial charge on any atom is -0.465 e. The second-order valence-electron chi connectivity index (χ2n) is 5.98. The number of aliphatic hydroxyl groups is 2. The Bertz CT molecular complexity index is 528. The molecule has 0 aliphatic heterocycles. The van der Waals surface area contributed by atoms with Gasteiger partial charge in [-0.2, -0.15) is 0 Å². The van der Waals surface area contributed by atoms with Gasteiger partial charge in [0.15, 0.2) is 0 Å². The Labute approximate surface area is 115 Å². The van der Waals surface area contributed by atoms with Crippen molar-refractivity contribution < 1.29 is 14.6 Å². The SMILES string of the molecule is C[Si](C)(C)C#C[C@H](O)[C@@]1(O)CCC=C1c1ccco1. The lowest BCUT2D eigenvalue weighted by Gasteiger charge is -2.28. The van der Waals surface area contributed by atoms with Crippen LogP contribution < -0.4 is 0 Å². The minimum atomic E-state index is -1.57. The third-order valence-electron chi connectivity index (χ3n) is 3.16. The lowest BCUT2D eigenvalue weighted by molar-refractivity contribution is -0.00183. The molecule has 0 fully saturated rings. The van der Waals surface area contributed by atoms with Gasteiger partial charge < -0.3 is 14.6 Å². The van der Waals surface area contributed by atoms with Crippen LogP contribution in [0.25, 0.3) is 5.57 Å². The normalized spacial score (nSPS) is 24.6. The van der Waals surface area contributed by atoms with Crippen LogP contribution in [0.15, 0.2) is 28.9 Å². The molecule has 0 spiro atoms. The Morgan fingerprint density at radius 3 is 2.74 bits per heavy atom. The van der Waals surface area contributed by atoms with Crippen molar-refractivity contribution in [3.05, 3.63) is 30.2 Å². The zero-order valence-electron chi connectivity index (χ0n) is 11.6. The average Bonchev–Trinajstić information content (AvgIpc) is 2.93. The van der Waals surface area contributed by atoms with Crippen molar-refractivity contribution in [1.82, 2.24) is 0 Å². The Morgan fingerprint density at radius 1 is 1.42 bits per heavy atom. The van der Waals surface area contributed by atoms with Gasteiger partial charge >= 0.3 is 0 Å². The minimum absolute atomic E-state index is 0.477. The highest BCUT2D eigenvalue weighted by atomic mass is 28.3. The van der Waals surface area contributed by atoms with Crippen LogP contribution in [0.1, 0.15) is 18.6 Å². The van der Waals surface area contributed by atoms with Gasteiger partial charge in [0.05, 0.1) is 6.26 Å². The van der Waals surface area contributed by atoms with Crippen molar-refractivity contribution in [2.24, 2.45) is 0 Å². The summed E-state index contributed by atoms with van der Waals surface area (Å²) in [6.07, 6.45) is 3.61. The summed E-state index contributed by atoms with van der Waals surface area (Å²) in [5.41, 5.74) is 2.44. The lowest BCUT2D eigenvalue weighted by atomic mass is 9.88. The highest BCUT2D eigenvalue weighted by Gasteiger charge is 2.43. The maximum Gasteiger partial charge on any atom is 0.146 e. The fraction of sp³-hybridized carbons (Fsp3) is 0.467. The van der Waals surface area contributed by atoms with E-state index in [0.29, 0.717) is 17.8 Å². The van der Waals surface area contributed by atoms with Crippen LogP contribution in [0, 0.1) is 11.5 Å². The summed E-state index contributed by atoms with van der Waals surface area (Å²) >= 11 is 0. The van der Waals surface area contributed by atoms with Gasteiger partial charge in [0.25, 0.3) is 0 Å². The summed E-state index contributed by atoms with van der Waals surface area (Å²) in [5.74, 6) is 3.44. The average molecular weight is 276 g/mol. The fourth-order valence-electron chi connectivity index (χ4n) is 2.18. The lowest BCUT2D eigenvalue weighted by Crippen LogP contribution is -2.40. The van der Waals surface area contributed by atoms with Gasteiger partial charge in [-0.15, -0.1) is 5.54 Å². The first kappa shape index (κ1) is 14.1. The first-order chi connectivity index (χ1) is 8.83. The van der Waals surface area contributed by atoms with Crippen LogP contribution in [0.5, 0.6) is 0 Å². The third-order valence-corrected chi connectivity index (χ3v) is 4.06. The van der Waals surface area contributed by atoms with E-state index in [1.54, 1.807) is 18.4 Å². The monoisotopic (exact) mass is 276 g/mol. The smallest absolute Gasteiger partial charge is 0.146 e. The largest absolute Gasteiger partial charge is 0.465 e. The van der Waals surface area contributed by atoms with E-state index < -0.39 is 19.8 Å². The van der Waals surface area contributed by atoms with Crippen LogP contribution in [-0.2, 0) is 0 Å². The molecule has 0 bridgehead atoms. The van der Waals surface area contributed by atoms with E-state index in [9.17, 15) is 10.2 Å². The molecule has 2 N–H and O–H groups in total. The molecule has 102 valence electrons. The Balaban J connectivity index is 2.27. The molecule has 0 saturated heterocycles. The number of rotatable bonds is 2. The van der Waals surface area contributed by atoms with Crippen molar-refractivity contribution >= 4 is 13.6 Å².